The summed E-state index contributed by atoms with van der Waals surface area (Å²) in [6.07, 6.45) is 0. The maximum Gasteiger partial charge on any atom is 0.188 e. The van der Waals surface area contributed by atoms with Gasteiger partial charge in [0.25, 0.3) is 0 Å². The van der Waals surface area contributed by atoms with Crippen LogP contribution in [-0.2, 0) is 0 Å². The van der Waals surface area contributed by atoms with Crippen molar-refractivity contribution in [2.24, 2.45) is 0 Å². The van der Waals surface area contributed by atoms with Gasteiger partial charge >= 0.3 is 0 Å². The highest BCUT2D eigenvalue weighted by Gasteiger charge is 2.00. The molecule has 0 fully saturated rings. The predicted octanol–water partition coefficient (Wildman–Crippen LogP) is 2.46. The smallest absolute Gasteiger partial charge is 0.188 e. The molecule has 2 aromatic rings. The first-order valence-corrected chi connectivity index (χ1v) is 5.22. The van der Waals surface area contributed by atoms with Gasteiger partial charge in [0.2, 0.25) is 0 Å². The van der Waals surface area contributed by atoms with E-state index in [-0.39, 0.29) is 0 Å². The molecule has 0 aliphatic rings. The molecule has 0 amide bonds. The van der Waals surface area contributed by atoms with Gasteiger partial charge in [-0.05, 0) is 19.1 Å². The lowest BCUT2D eigenvalue weighted by Crippen LogP contribution is -1.94. The summed E-state index contributed by atoms with van der Waals surface area (Å²) in [4.78, 5) is 8.34. The Labute approximate surface area is 91.2 Å². The average Bonchev–Trinajstić information content (AvgIpc) is 2.64. The van der Waals surface area contributed by atoms with E-state index in [1.165, 1.54) is 11.3 Å². The van der Waals surface area contributed by atoms with E-state index in [1.54, 1.807) is 18.2 Å². The number of anilines is 2. The fourth-order valence-corrected chi connectivity index (χ4v) is 1.78. The lowest BCUT2D eigenvalue weighted by Gasteiger charge is -2.00. The molecule has 0 aliphatic carbocycles. The largest absolute Gasteiger partial charge is 0.316 e. The third-order valence-electron chi connectivity index (χ3n) is 1.72. The molecule has 0 unspecified atom stereocenters. The fraction of sp³-hybridized carbons (Fsp3) is 0.100. The van der Waals surface area contributed by atoms with E-state index in [2.05, 4.69) is 15.3 Å². The quantitative estimate of drug-likeness (QED) is 0.837. The first-order valence-electron chi connectivity index (χ1n) is 4.34. The van der Waals surface area contributed by atoms with Crippen molar-refractivity contribution >= 4 is 22.3 Å². The van der Waals surface area contributed by atoms with Crippen LogP contribution in [0.1, 0.15) is 11.4 Å². The van der Waals surface area contributed by atoms with E-state index in [0.717, 1.165) is 10.8 Å². The van der Waals surface area contributed by atoms with Crippen LogP contribution in [-0.4, -0.2) is 9.97 Å². The molecule has 2 heterocycles. The van der Waals surface area contributed by atoms with Gasteiger partial charge in [0.05, 0.1) is 5.69 Å². The lowest BCUT2D eigenvalue weighted by molar-refractivity contribution is 1.22. The minimum Gasteiger partial charge on any atom is -0.316 e. The standard InChI is InChI=1S/C10H8N4S/c1-7-6-15-10(12-7)14-9-4-2-3-8(5-11)13-9/h2-4,6H,1H3,(H,12,13,14). The topological polar surface area (TPSA) is 61.6 Å². The highest BCUT2D eigenvalue weighted by Crippen LogP contribution is 2.18. The lowest BCUT2D eigenvalue weighted by atomic mass is 10.4. The SMILES string of the molecule is Cc1csc(Nc2cccc(C#N)n2)n1. The van der Waals surface area contributed by atoms with Crippen LogP contribution in [0.5, 0.6) is 0 Å². The minimum atomic E-state index is 0.397. The Morgan fingerprint density at radius 3 is 2.93 bits per heavy atom. The summed E-state index contributed by atoms with van der Waals surface area (Å²) in [5.41, 5.74) is 1.37. The van der Waals surface area contributed by atoms with Gasteiger partial charge in [-0.25, -0.2) is 9.97 Å². The van der Waals surface area contributed by atoms with Gasteiger partial charge in [-0.1, -0.05) is 6.07 Å². The number of nitrogens with zero attached hydrogens (tertiary/aromatic N) is 3. The van der Waals surface area contributed by atoms with Gasteiger partial charge in [-0.2, -0.15) is 5.26 Å². The zero-order valence-corrected chi connectivity index (χ0v) is 8.88. The molecule has 0 saturated heterocycles. The monoisotopic (exact) mass is 216 g/mol. The Morgan fingerprint density at radius 2 is 2.27 bits per heavy atom. The zero-order valence-electron chi connectivity index (χ0n) is 8.06. The predicted molar refractivity (Wildman–Crippen MR) is 59.1 cm³/mol. The average molecular weight is 216 g/mol. The summed E-state index contributed by atoms with van der Waals surface area (Å²) in [6, 6.07) is 7.24. The van der Waals surface area contributed by atoms with Gasteiger partial charge in [0, 0.05) is 5.38 Å². The van der Waals surface area contributed by atoms with Crippen LogP contribution < -0.4 is 5.32 Å². The van der Waals surface area contributed by atoms with Crippen LogP contribution in [0.4, 0.5) is 10.9 Å². The number of rotatable bonds is 2. The van der Waals surface area contributed by atoms with Crippen molar-refractivity contribution in [3.05, 3.63) is 35.0 Å². The van der Waals surface area contributed by atoms with E-state index in [1.807, 2.05) is 18.4 Å². The fourth-order valence-electron chi connectivity index (χ4n) is 1.09. The Bertz CT molecular complexity index is 512. The maximum atomic E-state index is 8.68. The van der Waals surface area contributed by atoms with Crippen LogP contribution >= 0.6 is 11.3 Å². The minimum absolute atomic E-state index is 0.397. The van der Waals surface area contributed by atoms with E-state index >= 15 is 0 Å². The van der Waals surface area contributed by atoms with E-state index < -0.39 is 0 Å². The number of hydrogen-bond acceptors (Lipinski definition) is 5. The number of thiazole rings is 1. The third-order valence-corrected chi connectivity index (χ3v) is 2.59. The molecule has 2 rings (SSSR count). The highest BCUT2D eigenvalue weighted by molar-refractivity contribution is 7.13. The number of aromatic nitrogens is 2. The third kappa shape index (κ3) is 2.30. The molecule has 4 nitrogen and oxygen atoms in total. The maximum absolute atomic E-state index is 8.68. The summed E-state index contributed by atoms with van der Waals surface area (Å²) >= 11 is 1.51. The second-order valence-corrected chi connectivity index (χ2v) is 3.80. The second-order valence-electron chi connectivity index (χ2n) is 2.94. The normalized spacial score (nSPS) is 9.60. The van der Waals surface area contributed by atoms with Gasteiger partial charge in [0.1, 0.15) is 17.6 Å². The first-order chi connectivity index (χ1) is 7.28. The molecule has 5 heteroatoms. The Kier molecular flexibility index (Phi) is 2.61. The molecule has 0 spiro atoms. The molecule has 0 aliphatic heterocycles. The van der Waals surface area contributed by atoms with E-state index in [9.17, 15) is 0 Å². The Balaban J connectivity index is 2.21. The van der Waals surface area contributed by atoms with Crippen LogP contribution in [0.15, 0.2) is 23.6 Å². The molecule has 0 bridgehead atoms. The van der Waals surface area contributed by atoms with Crippen LogP contribution in [0.3, 0.4) is 0 Å². The number of pyridine rings is 1. The van der Waals surface area contributed by atoms with Crippen molar-refractivity contribution in [2.75, 3.05) is 5.32 Å². The van der Waals surface area contributed by atoms with Crippen molar-refractivity contribution in [3.8, 4) is 6.07 Å². The molecule has 0 aromatic carbocycles. The van der Waals surface area contributed by atoms with Crippen LogP contribution in [0.2, 0.25) is 0 Å². The molecule has 15 heavy (non-hydrogen) atoms. The molecular formula is C10H8N4S. The second kappa shape index (κ2) is 4.07. The molecule has 0 radical (unpaired) electrons. The summed E-state index contributed by atoms with van der Waals surface area (Å²) in [5.74, 6) is 0.642. The highest BCUT2D eigenvalue weighted by atomic mass is 32.1. The van der Waals surface area contributed by atoms with Crippen molar-refractivity contribution < 1.29 is 0 Å². The summed E-state index contributed by atoms with van der Waals surface area (Å²) in [5, 5.41) is 14.5. The van der Waals surface area contributed by atoms with Gasteiger partial charge in [-0.15, -0.1) is 11.3 Å². The summed E-state index contributed by atoms with van der Waals surface area (Å²) in [6.45, 7) is 1.93. The number of nitrogens with one attached hydrogen (secondary N) is 1. The zero-order chi connectivity index (χ0) is 10.7. The van der Waals surface area contributed by atoms with Crippen LogP contribution in [0.25, 0.3) is 0 Å². The van der Waals surface area contributed by atoms with Crippen molar-refractivity contribution in [3.63, 3.8) is 0 Å². The van der Waals surface area contributed by atoms with Crippen molar-refractivity contribution in [2.45, 2.75) is 6.92 Å². The van der Waals surface area contributed by atoms with Gasteiger partial charge in [-0.3, -0.25) is 0 Å². The van der Waals surface area contributed by atoms with E-state index in [4.69, 9.17) is 5.26 Å². The summed E-state index contributed by atoms with van der Waals surface area (Å²) < 4.78 is 0. The van der Waals surface area contributed by atoms with Crippen molar-refractivity contribution in [1.29, 1.82) is 5.26 Å². The summed E-state index contributed by atoms with van der Waals surface area (Å²) in [7, 11) is 0. The molecular weight excluding hydrogens is 208 g/mol. The molecule has 1 N–H and O–H groups in total. The van der Waals surface area contributed by atoms with Gasteiger partial charge in [0.15, 0.2) is 5.13 Å². The number of aryl methyl sites for hydroxylation is 1. The first kappa shape index (κ1) is 9.62. The molecule has 0 atom stereocenters. The Morgan fingerprint density at radius 1 is 1.40 bits per heavy atom. The number of hydrogen-bond donors (Lipinski definition) is 1. The van der Waals surface area contributed by atoms with E-state index in [0.29, 0.717) is 11.5 Å². The van der Waals surface area contributed by atoms with Crippen molar-refractivity contribution in [1.82, 2.24) is 9.97 Å². The number of nitriles is 1. The van der Waals surface area contributed by atoms with Crippen LogP contribution in [0, 0.1) is 18.3 Å². The Hall–Kier alpha value is -1.93. The molecule has 2 aromatic heterocycles. The van der Waals surface area contributed by atoms with Gasteiger partial charge < -0.3 is 5.32 Å². The molecule has 74 valence electrons. The molecule has 0 saturated carbocycles.